The van der Waals surface area contributed by atoms with E-state index < -0.39 is 0 Å². The minimum absolute atomic E-state index is 0.443. The highest BCUT2D eigenvalue weighted by atomic mass is 15.3. The first kappa shape index (κ1) is 16.4. The number of benzene rings is 1. The SMILES string of the molecule is CC(C)N1CCN(c2ncc(-c3ccc(CC#N)cc3)cn2)CC1. The summed E-state index contributed by atoms with van der Waals surface area (Å²) < 4.78 is 0. The van der Waals surface area contributed by atoms with Crippen LogP contribution in [0.25, 0.3) is 11.1 Å². The number of hydrogen-bond donors (Lipinski definition) is 0. The molecular weight excluding hydrogens is 298 g/mol. The molecule has 3 rings (SSSR count). The van der Waals surface area contributed by atoms with Gasteiger partial charge in [-0.25, -0.2) is 9.97 Å². The summed E-state index contributed by atoms with van der Waals surface area (Å²) in [7, 11) is 0. The lowest BCUT2D eigenvalue weighted by Crippen LogP contribution is -2.49. The van der Waals surface area contributed by atoms with E-state index in [4.69, 9.17) is 5.26 Å². The Balaban J connectivity index is 1.66. The summed E-state index contributed by atoms with van der Waals surface area (Å²) >= 11 is 0. The first-order valence-corrected chi connectivity index (χ1v) is 8.44. The molecule has 0 amide bonds. The van der Waals surface area contributed by atoms with E-state index in [2.05, 4.69) is 39.7 Å². The van der Waals surface area contributed by atoms with Gasteiger partial charge in [0.25, 0.3) is 0 Å². The molecule has 1 aliphatic heterocycles. The van der Waals surface area contributed by atoms with Crippen LogP contribution in [0, 0.1) is 11.3 Å². The largest absolute Gasteiger partial charge is 0.338 e. The minimum Gasteiger partial charge on any atom is -0.338 e. The maximum absolute atomic E-state index is 8.73. The van der Waals surface area contributed by atoms with Crippen LogP contribution in [0.3, 0.4) is 0 Å². The fourth-order valence-corrected chi connectivity index (χ4v) is 2.98. The molecule has 0 bridgehead atoms. The molecular formula is C19H23N5. The van der Waals surface area contributed by atoms with Crippen molar-refractivity contribution in [2.75, 3.05) is 31.1 Å². The monoisotopic (exact) mass is 321 g/mol. The van der Waals surface area contributed by atoms with Gasteiger partial charge < -0.3 is 4.90 Å². The van der Waals surface area contributed by atoms with Crippen molar-refractivity contribution < 1.29 is 0 Å². The maximum atomic E-state index is 8.73. The molecule has 1 saturated heterocycles. The molecule has 0 unspecified atom stereocenters. The third-order valence-corrected chi connectivity index (χ3v) is 4.54. The molecule has 0 N–H and O–H groups in total. The Hall–Kier alpha value is -2.45. The summed E-state index contributed by atoms with van der Waals surface area (Å²) in [6.07, 6.45) is 4.21. The van der Waals surface area contributed by atoms with E-state index in [1.54, 1.807) is 0 Å². The van der Waals surface area contributed by atoms with Crippen LogP contribution in [0.2, 0.25) is 0 Å². The summed E-state index contributed by atoms with van der Waals surface area (Å²) in [5, 5.41) is 8.73. The topological polar surface area (TPSA) is 56.0 Å². The quantitative estimate of drug-likeness (QED) is 0.866. The molecule has 0 radical (unpaired) electrons. The van der Waals surface area contributed by atoms with Crippen LogP contribution in [0.1, 0.15) is 19.4 Å². The predicted molar refractivity (Wildman–Crippen MR) is 95.7 cm³/mol. The van der Waals surface area contributed by atoms with Crippen LogP contribution in [0.5, 0.6) is 0 Å². The average molecular weight is 321 g/mol. The molecule has 5 heteroatoms. The molecule has 1 aromatic heterocycles. The van der Waals surface area contributed by atoms with Gasteiger partial charge in [0.1, 0.15) is 0 Å². The van der Waals surface area contributed by atoms with E-state index in [0.29, 0.717) is 12.5 Å². The Morgan fingerprint density at radius 2 is 1.62 bits per heavy atom. The second-order valence-electron chi connectivity index (χ2n) is 6.42. The fraction of sp³-hybridized carbons (Fsp3) is 0.421. The first-order chi connectivity index (χ1) is 11.7. The highest BCUT2D eigenvalue weighted by molar-refractivity contribution is 5.62. The van der Waals surface area contributed by atoms with Crippen molar-refractivity contribution in [1.82, 2.24) is 14.9 Å². The van der Waals surface area contributed by atoms with Gasteiger partial charge in [0, 0.05) is 50.2 Å². The molecule has 2 heterocycles. The van der Waals surface area contributed by atoms with Gasteiger partial charge in [-0.15, -0.1) is 0 Å². The van der Waals surface area contributed by atoms with Crippen LogP contribution in [-0.4, -0.2) is 47.1 Å². The highest BCUT2D eigenvalue weighted by Crippen LogP contribution is 2.20. The lowest BCUT2D eigenvalue weighted by Gasteiger charge is -2.36. The van der Waals surface area contributed by atoms with Crippen molar-refractivity contribution in [2.45, 2.75) is 26.3 Å². The molecule has 1 aliphatic rings. The van der Waals surface area contributed by atoms with Crippen molar-refractivity contribution in [2.24, 2.45) is 0 Å². The van der Waals surface area contributed by atoms with Crippen molar-refractivity contribution in [3.8, 4) is 17.2 Å². The summed E-state index contributed by atoms with van der Waals surface area (Å²) in [6.45, 7) is 8.54. The molecule has 5 nitrogen and oxygen atoms in total. The molecule has 124 valence electrons. The van der Waals surface area contributed by atoms with E-state index >= 15 is 0 Å². The molecule has 1 aromatic carbocycles. The van der Waals surface area contributed by atoms with E-state index in [1.807, 2.05) is 36.7 Å². The maximum Gasteiger partial charge on any atom is 0.225 e. The summed E-state index contributed by atoms with van der Waals surface area (Å²) in [5.41, 5.74) is 3.11. The van der Waals surface area contributed by atoms with E-state index in [1.165, 1.54) is 0 Å². The van der Waals surface area contributed by atoms with Crippen LogP contribution in [-0.2, 0) is 6.42 Å². The van der Waals surface area contributed by atoms with E-state index in [9.17, 15) is 0 Å². The Kier molecular flexibility index (Phi) is 5.07. The smallest absolute Gasteiger partial charge is 0.225 e. The zero-order valence-electron chi connectivity index (χ0n) is 14.3. The van der Waals surface area contributed by atoms with Crippen LogP contribution in [0.15, 0.2) is 36.7 Å². The molecule has 0 spiro atoms. The third-order valence-electron chi connectivity index (χ3n) is 4.54. The summed E-state index contributed by atoms with van der Waals surface area (Å²) in [5.74, 6) is 0.809. The van der Waals surface area contributed by atoms with Gasteiger partial charge in [-0.05, 0) is 25.0 Å². The third kappa shape index (κ3) is 3.72. The Morgan fingerprint density at radius 3 is 2.17 bits per heavy atom. The molecule has 0 atom stereocenters. The Morgan fingerprint density at radius 1 is 1.00 bits per heavy atom. The summed E-state index contributed by atoms with van der Waals surface area (Å²) in [4.78, 5) is 13.8. The molecule has 2 aromatic rings. The number of rotatable bonds is 4. The van der Waals surface area contributed by atoms with E-state index in [-0.39, 0.29) is 0 Å². The second kappa shape index (κ2) is 7.41. The predicted octanol–water partition coefficient (Wildman–Crippen LogP) is 2.74. The van der Waals surface area contributed by atoms with Gasteiger partial charge in [0.05, 0.1) is 12.5 Å². The lowest BCUT2D eigenvalue weighted by atomic mass is 10.1. The number of anilines is 1. The number of hydrogen-bond acceptors (Lipinski definition) is 5. The van der Waals surface area contributed by atoms with Gasteiger partial charge >= 0.3 is 0 Å². The van der Waals surface area contributed by atoms with Crippen molar-refractivity contribution in [1.29, 1.82) is 5.26 Å². The fourth-order valence-electron chi connectivity index (χ4n) is 2.98. The van der Waals surface area contributed by atoms with Gasteiger partial charge in [-0.2, -0.15) is 5.26 Å². The second-order valence-corrected chi connectivity index (χ2v) is 6.42. The zero-order valence-corrected chi connectivity index (χ0v) is 14.3. The van der Waals surface area contributed by atoms with Crippen LogP contribution in [0.4, 0.5) is 5.95 Å². The summed E-state index contributed by atoms with van der Waals surface area (Å²) in [6, 6.07) is 10.8. The number of nitriles is 1. The van der Waals surface area contributed by atoms with Gasteiger partial charge in [-0.1, -0.05) is 24.3 Å². The standard InChI is InChI=1S/C19H23N5/c1-15(2)23-9-11-24(12-10-23)19-21-13-18(14-22-19)17-5-3-16(4-6-17)7-8-20/h3-6,13-15H,7,9-12H2,1-2H3. The minimum atomic E-state index is 0.443. The van der Waals surface area contributed by atoms with Crippen molar-refractivity contribution in [3.63, 3.8) is 0 Å². The Labute approximate surface area is 143 Å². The molecule has 0 aliphatic carbocycles. The number of nitrogens with zero attached hydrogens (tertiary/aromatic N) is 5. The zero-order chi connectivity index (χ0) is 16.9. The molecule has 0 saturated carbocycles. The average Bonchev–Trinajstić information content (AvgIpc) is 2.63. The highest BCUT2D eigenvalue weighted by Gasteiger charge is 2.20. The number of piperazine rings is 1. The molecule has 24 heavy (non-hydrogen) atoms. The number of aromatic nitrogens is 2. The lowest BCUT2D eigenvalue weighted by molar-refractivity contribution is 0.208. The van der Waals surface area contributed by atoms with Crippen molar-refractivity contribution in [3.05, 3.63) is 42.2 Å². The Bertz CT molecular complexity index is 692. The van der Waals surface area contributed by atoms with Gasteiger partial charge in [0.15, 0.2) is 0 Å². The van der Waals surface area contributed by atoms with E-state index in [0.717, 1.165) is 48.8 Å². The first-order valence-electron chi connectivity index (χ1n) is 8.44. The van der Waals surface area contributed by atoms with Gasteiger partial charge in [0.2, 0.25) is 5.95 Å². The van der Waals surface area contributed by atoms with Crippen LogP contribution >= 0.6 is 0 Å². The molecule has 1 fully saturated rings. The van der Waals surface area contributed by atoms with Crippen LogP contribution < -0.4 is 4.90 Å². The van der Waals surface area contributed by atoms with Gasteiger partial charge in [-0.3, -0.25) is 4.90 Å². The van der Waals surface area contributed by atoms with Crippen molar-refractivity contribution >= 4 is 5.95 Å². The normalized spacial score (nSPS) is 15.5.